The summed E-state index contributed by atoms with van der Waals surface area (Å²) in [5.74, 6) is -7.19. The molecule has 0 saturated carbocycles. The number of benzene rings is 3. The van der Waals surface area contributed by atoms with Crippen LogP contribution in [0.3, 0.4) is 0 Å². The van der Waals surface area contributed by atoms with Crippen molar-refractivity contribution >= 4 is 10.0 Å². The number of hydrogen-bond acceptors (Lipinski definition) is 2. The lowest BCUT2D eigenvalue weighted by atomic mass is 9.94. The van der Waals surface area contributed by atoms with Crippen molar-refractivity contribution < 1.29 is 30.4 Å². The Morgan fingerprint density at radius 1 is 0.630 bits per heavy atom. The first-order chi connectivity index (χ1) is 12.6. The molecule has 0 bridgehead atoms. The Morgan fingerprint density at radius 2 is 1.07 bits per heavy atom. The van der Waals surface area contributed by atoms with E-state index in [1.54, 1.807) is 0 Å². The fourth-order valence-corrected chi connectivity index (χ4v) is 3.08. The molecule has 3 nitrogen and oxygen atoms in total. The van der Waals surface area contributed by atoms with Gasteiger partial charge in [-0.3, -0.25) is 0 Å². The minimum Gasteiger partial charge on any atom is -0.225 e. The van der Waals surface area contributed by atoms with E-state index in [0.717, 1.165) is 18.2 Å². The zero-order valence-corrected chi connectivity index (χ0v) is 14.1. The van der Waals surface area contributed by atoms with E-state index in [-0.39, 0.29) is 27.1 Å². The first kappa shape index (κ1) is 19.0. The molecule has 0 spiro atoms. The van der Waals surface area contributed by atoms with Crippen molar-refractivity contribution in [2.24, 2.45) is 5.14 Å². The van der Waals surface area contributed by atoms with Gasteiger partial charge in [-0.05, 0) is 58.7 Å². The summed E-state index contributed by atoms with van der Waals surface area (Å²) < 4.78 is 90.4. The SMILES string of the molecule is NS(=O)(=O)c1ccc(-c2cc(F)c(F)cc2-c2cc(F)c(F)c(F)c2)cc1. The van der Waals surface area contributed by atoms with Crippen LogP contribution in [0.1, 0.15) is 0 Å². The fraction of sp³-hybridized carbons (Fsp3) is 0. The van der Waals surface area contributed by atoms with Crippen molar-refractivity contribution in [3.63, 3.8) is 0 Å². The Hall–Kier alpha value is -2.78. The zero-order chi connectivity index (χ0) is 19.9. The fourth-order valence-electron chi connectivity index (χ4n) is 2.56. The molecule has 3 rings (SSSR count). The molecule has 0 radical (unpaired) electrons. The van der Waals surface area contributed by atoms with Crippen LogP contribution >= 0.6 is 0 Å². The molecule has 0 saturated heterocycles. The highest BCUT2D eigenvalue weighted by Gasteiger charge is 2.18. The second-order valence-electron chi connectivity index (χ2n) is 5.64. The largest absolute Gasteiger partial charge is 0.238 e. The van der Waals surface area contributed by atoms with Crippen molar-refractivity contribution in [2.75, 3.05) is 0 Å². The number of rotatable bonds is 3. The molecule has 0 aliphatic carbocycles. The van der Waals surface area contributed by atoms with Crippen LogP contribution in [-0.4, -0.2) is 8.42 Å². The Labute approximate surface area is 150 Å². The molecule has 27 heavy (non-hydrogen) atoms. The molecule has 0 amide bonds. The van der Waals surface area contributed by atoms with Gasteiger partial charge in [-0.25, -0.2) is 35.5 Å². The maximum atomic E-state index is 13.8. The molecule has 2 N–H and O–H groups in total. The van der Waals surface area contributed by atoms with E-state index in [1.807, 2.05) is 0 Å². The van der Waals surface area contributed by atoms with E-state index in [4.69, 9.17) is 5.14 Å². The van der Waals surface area contributed by atoms with Gasteiger partial charge in [-0.15, -0.1) is 0 Å². The van der Waals surface area contributed by atoms with Crippen LogP contribution in [0.15, 0.2) is 53.4 Å². The normalized spacial score (nSPS) is 11.6. The predicted molar refractivity (Wildman–Crippen MR) is 88.5 cm³/mol. The van der Waals surface area contributed by atoms with E-state index >= 15 is 0 Å². The first-order valence-corrected chi connectivity index (χ1v) is 8.90. The van der Waals surface area contributed by atoms with E-state index < -0.39 is 39.1 Å². The lowest BCUT2D eigenvalue weighted by molar-refractivity contribution is 0.447. The third-order valence-corrected chi connectivity index (χ3v) is 4.78. The third-order valence-electron chi connectivity index (χ3n) is 3.85. The van der Waals surface area contributed by atoms with Crippen LogP contribution in [0.4, 0.5) is 22.0 Å². The number of sulfonamides is 1. The Balaban J connectivity index is 2.24. The Kier molecular flexibility index (Phi) is 4.75. The maximum absolute atomic E-state index is 13.8. The van der Waals surface area contributed by atoms with E-state index in [1.165, 1.54) is 12.1 Å². The minimum atomic E-state index is -3.97. The van der Waals surface area contributed by atoms with Crippen LogP contribution in [-0.2, 0) is 10.0 Å². The summed E-state index contributed by atoms with van der Waals surface area (Å²) in [5.41, 5.74) is -0.104. The van der Waals surface area contributed by atoms with Gasteiger partial charge in [0.2, 0.25) is 10.0 Å². The monoisotopic (exact) mass is 399 g/mol. The molecule has 0 aliphatic heterocycles. The van der Waals surface area contributed by atoms with Crippen LogP contribution < -0.4 is 5.14 Å². The molecule has 0 heterocycles. The lowest BCUT2D eigenvalue weighted by Gasteiger charge is -2.12. The summed E-state index contributed by atoms with van der Waals surface area (Å²) in [5, 5.41) is 5.00. The average Bonchev–Trinajstić information content (AvgIpc) is 2.60. The third kappa shape index (κ3) is 3.69. The predicted octanol–water partition coefficient (Wildman–Crippen LogP) is 4.36. The van der Waals surface area contributed by atoms with Crippen LogP contribution in [0.2, 0.25) is 0 Å². The number of primary sulfonamides is 1. The molecule has 0 aliphatic rings. The molecule has 0 aromatic heterocycles. The van der Waals surface area contributed by atoms with Gasteiger partial charge in [-0.1, -0.05) is 12.1 Å². The summed E-state index contributed by atoms with van der Waals surface area (Å²) in [6.07, 6.45) is 0. The Morgan fingerprint density at radius 3 is 1.52 bits per heavy atom. The second kappa shape index (κ2) is 6.75. The zero-order valence-electron chi connectivity index (χ0n) is 13.3. The highest BCUT2D eigenvalue weighted by molar-refractivity contribution is 7.89. The summed E-state index contributed by atoms with van der Waals surface area (Å²) >= 11 is 0. The van der Waals surface area contributed by atoms with Gasteiger partial charge in [-0.2, -0.15) is 0 Å². The molecule has 3 aromatic carbocycles. The molecule has 0 unspecified atom stereocenters. The van der Waals surface area contributed by atoms with Crippen molar-refractivity contribution in [3.8, 4) is 22.3 Å². The summed E-state index contributed by atoms with van der Waals surface area (Å²) in [7, 11) is -3.97. The highest BCUT2D eigenvalue weighted by atomic mass is 32.2. The van der Waals surface area contributed by atoms with E-state index in [2.05, 4.69) is 0 Å². The van der Waals surface area contributed by atoms with Crippen molar-refractivity contribution in [1.29, 1.82) is 0 Å². The molecular formula is C18H10F5NO2S. The second-order valence-corrected chi connectivity index (χ2v) is 7.20. The topological polar surface area (TPSA) is 60.2 Å². The highest BCUT2D eigenvalue weighted by Crippen LogP contribution is 2.35. The van der Waals surface area contributed by atoms with Gasteiger partial charge in [0, 0.05) is 0 Å². The van der Waals surface area contributed by atoms with Crippen LogP contribution in [0.25, 0.3) is 22.3 Å². The number of hydrogen-bond donors (Lipinski definition) is 1. The number of nitrogens with two attached hydrogens (primary N) is 1. The maximum Gasteiger partial charge on any atom is 0.238 e. The van der Waals surface area contributed by atoms with E-state index in [0.29, 0.717) is 18.2 Å². The standard InChI is InChI=1S/C18H10F5NO2S/c19-14-7-12(9-1-3-11(4-2-9)27(24,25)26)13(8-15(14)20)10-5-16(21)18(23)17(22)6-10/h1-8H,(H2,24,25,26). The van der Waals surface area contributed by atoms with Gasteiger partial charge in [0.25, 0.3) is 0 Å². The molecule has 140 valence electrons. The molecule has 3 aromatic rings. The Bertz CT molecular complexity index is 1120. The molecular weight excluding hydrogens is 389 g/mol. The van der Waals surface area contributed by atoms with Gasteiger partial charge in [0.05, 0.1) is 4.90 Å². The lowest BCUT2D eigenvalue weighted by Crippen LogP contribution is -2.11. The van der Waals surface area contributed by atoms with Gasteiger partial charge < -0.3 is 0 Å². The summed E-state index contributed by atoms with van der Waals surface area (Å²) in [6, 6.07) is 7.61. The average molecular weight is 399 g/mol. The summed E-state index contributed by atoms with van der Waals surface area (Å²) in [6.45, 7) is 0. The number of halogens is 5. The van der Waals surface area contributed by atoms with Crippen molar-refractivity contribution in [2.45, 2.75) is 4.90 Å². The summed E-state index contributed by atoms with van der Waals surface area (Å²) in [4.78, 5) is -0.214. The van der Waals surface area contributed by atoms with Crippen LogP contribution in [0, 0.1) is 29.1 Å². The van der Waals surface area contributed by atoms with Gasteiger partial charge in [0.15, 0.2) is 29.1 Å². The van der Waals surface area contributed by atoms with Crippen molar-refractivity contribution in [1.82, 2.24) is 0 Å². The van der Waals surface area contributed by atoms with E-state index in [9.17, 15) is 30.4 Å². The minimum absolute atomic E-state index is 0.0141. The molecule has 9 heteroatoms. The quantitative estimate of drug-likeness (QED) is 0.525. The molecule has 0 atom stereocenters. The van der Waals surface area contributed by atoms with Gasteiger partial charge in [0.1, 0.15) is 0 Å². The molecule has 0 fully saturated rings. The van der Waals surface area contributed by atoms with Crippen LogP contribution in [0.5, 0.6) is 0 Å². The smallest absolute Gasteiger partial charge is 0.225 e. The van der Waals surface area contributed by atoms with Gasteiger partial charge >= 0.3 is 0 Å². The first-order valence-electron chi connectivity index (χ1n) is 7.35. The van der Waals surface area contributed by atoms with Crippen molar-refractivity contribution in [3.05, 3.63) is 77.6 Å².